The zero-order valence-corrected chi connectivity index (χ0v) is 19.0. The van der Waals surface area contributed by atoms with Crippen molar-refractivity contribution in [3.63, 3.8) is 0 Å². The Morgan fingerprint density at radius 1 is 1.06 bits per heavy atom. The molecule has 3 aromatic rings. The van der Waals surface area contributed by atoms with Gasteiger partial charge in [-0.1, -0.05) is 42.5 Å². The molecule has 0 bridgehead atoms. The molecule has 1 aliphatic heterocycles. The zero-order chi connectivity index (χ0) is 22.6. The smallest absolute Gasteiger partial charge is 0.410 e. The van der Waals surface area contributed by atoms with E-state index in [1.54, 1.807) is 0 Å². The first-order chi connectivity index (χ1) is 15.4. The molecule has 0 radical (unpaired) electrons. The van der Waals surface area contributed by atoms with Crippen LogP contribution in [0.4, 0.5) is 10.5 Å². The lowest BCUT2D eigenvalue weighted by molar-refractivity contribution is -0.00367. The molecular weight excluding hydrogens is 402 g/mol. The third kappa shape index (κ3) is 5.37. The number of ether oxygens (including phenoxy) is 2. The van der Waals surface area contributed by atoms with E-state index in [0.29, 0.717) is 26.3 Å². The van der Waals surface area contributed by atoms with Crippen LogP contribution in [0.25, 0.3) is 10.8 Å². The van der Waals surface area contributed by atoms with Crippen molar-refractivity contribution in [1.29, 1.82) is 0 Å². The summed E-state index contributed by atoms with van der Waals surface area (Å²) in [5.41, 5.74) is 1.74. The SMILES string of the molecule is CC(C)(C)OC(=O)N1CCN(c2cccc3cnccc23)CC1COCc1ccccc1. The summed E-state index contributed by atoms with van der Waals surface area (Å²) in [5.74, 6) is 0. The van der Waals surface area contributed by atoms with E-state index < -0.39 is 5.60 Å². The molecule has 0 N–H and O–H groups in total. The van der Waals surface area contributed by atoms with Crippen molar-refractivity contribution in [2.45, 2.75) is 39.0 Å². The molecule has 6 heteroatoms. The maximum atomic E-state index is 12.9. The molecule has 1 saturated heterocycles. The van der Waals surface area contributed by atoms with Crippen molar-refractivity contribution in [3.8, 4) is 0 Å². The average Bonchev–Trinajstić information content (AvgIpc) is 2.78. The number of aromatic nitrogens is 1. The first kappa shape index (κ1) is 22.1. The maximum absolute atomic E-state index is 12.9. The van der Waals surface area contributed by atoms with E-state index in [2.05, 4.69) is 28.1 Å². The van der Waals surface area contributed by atoms with Gasteiger partial charge in [0.05, 0.1) is 19.3 Å². The molecule has 2 aromatic carbocycles. The Morgan fingerprint density at radius 2 is 1.88 bits per heavy atom. The summed E-state index contributed by atoms with van der Waals surface area (Å²) in [4.78, 5) is 21.3. The van der Waals surface area contributed by atoms with Gasteiger partial charge in [0.25, 0.3) is 0 Å². The zero-order valence-electron chi connectivity index (χ0n) is 19.0. The van der Waals surface area contributed by atoms with Crippen molar-refractivity contribution >= 4 is 22.6 Å². The van der Waals surface area contributed by atoms with Crippen LogP contribution in [0.15, 0.2) is 67.0 Å². The number of piperazine rings is 1. The van der Waals surface area contributed by atoms with Crippen LogP contribution in [0.3, 0.4) is 0 Å². The van der Waals surface area contributed by atoms with Crippen molar-refractivity contribution in [2.24, 2.45) is 0 Å². The van der Waals surface area contributed by atoms with Crippen LogP contribution in [0, 0.1) is 0 Å². The number of nitrogens with zero attached hydrogens (tertiary/aromatic N) is 3. The fraction of sp³-hybridized carbons (Fsp3) is 0.385. The van der Waals surface area contributed by atoms with Crippen LogP contribution in [0.1, 0.15) is 26.3 Å². The third-order valence-electron chi connectivity index (χ3n) is 5.53. The van der Waals surface area contributed by atoms with E-state index in [1.807, 2.05) is 74.5 Å². The van der Waals surface area contributed by atoms with Gasteiger partial charge in [0, 0.05) is 48.5 Å². The second-order valence-corrected chi connectivity index (χ2v) is 9.15. The largest absolute Gasteiger partial charge is 0.444 e. The van der Waals surface area contributed by atoms with Crippen molar-refractivity contribution < 1.29 is 14.3 Å². The molecule has 1 fully saturated rings. The highest BCUT2D eigenvalue weighted by Crippen LogP contribution is 2.28. The summed E-state index contributed by atoms with van der Waals surface area (Å²) < 4.78 is 11.7. The van der Waals surface area contributed by atoms with Gasteiger partial charge >= 0.3 is 6.09 Å². The molecule has 0 saturated carbocycles. The van der Waals surface area contributed by atoms with Gasteiger partial charge in [-0.05, 0) is 38.5 Å². The fourth-order valence-corrected chi connectivity index (χ4v) is 4.05. The summed E-state index contributed by atoms with van der Waals surface area (Å²) in [6.07, 6.45) is 3.42. The molecule has 1 unspecified atom stereocenters. The highest BCUT2D eigenvalue weighted by atomic mass is 16.6. The fourth-order valence-electron chi connectivity index (χ4n) is 4.05. The average molecular weight is 434 g/mol. The second kappa shape index (κ2) is 9.57. The molecule has 168 valence electrons. The molecule has 6 nitrogen and oxygen atoms in total. The number of rotatable bonds is 5. The van der Waals surface area contributed by atoms with Gasteiger partial charge in [-0.15, -0.1) is 0 Å². The number of benzene rings is 2. The summed E-state index contributed by atoms with van der Waals surface area (Å²) in [6.45, 7) is 8.63. The molecule has 2 heterocycles. The molecule has 0 spiro atoms. The Kier molecular flexibility index (Phi) is 6.61. The molecular formula is C26H31N3O3. The Morgan fingerprint density at radius 3 is 2.66 bits per heavy atom. The van der Waals surface area contributed by atoms with Crippen LogP contribution >= 0.6 is 0 Å². The minimum atomic E-state index is -0.535. The summed E-state index contributed by atoms with van der Waals surface area (Å²) >= 11 is 0. The van der Waals surface area contributed by atoms with Crippen LogP contribution < -0.4 is 4.90 Å². The van der Waals surface area contributed by atoms with E-state index in [9.17, 15) is 4.79 Å². The topological polar surface area (TPSA) is 54.9 Å². The van der Waals surface area contributed by atoms with Crippen LogP contribution in [0.2, 0.25) is 0 Å². The lowest BCUT2D eigenvalue weighted by Gasteiger charge is -2.42. The number of hydrogen-bond acceptors (Lipinski definition) is 5. The van der Waals surface area contributed by atoms with E-state index in [-0.39, 0.29) is 12.1 Å². The van der Waals surface area contributed by atoms with E-state index in [1.165, 1.54) is 0 Å². The number of pyridine rings is 1. The molecule has 0 aliphatic carbocycles. The Bertz CT molecular complexity index is 1040. The Labute approximate surface area is 189 Å². The first-order valence-corrected chi connectivity index (χ1v) is 11.1. The number of hydrogen-bond donors (Lipinski definition) is 0. The van der Waals surface area contributed by atoms with Crippen LogP contribution in [-0.4, -0.2) is 53.9 Å². The van der Waals surface area contributed by atoms with E-state index >= 15 is 0 Å². The normalized spacial score (nSPS) is 16.9. The molecule has 1 aliphatic rings. The Balaban J connectivity index is 1.52. The molecule has 1 aromatic heterocycles. The highest BCUT2D eigenvalue weighted by molar-refractivity contribution is 5.93. The summed E-state index contributed by atoms with van der Waals surface area (Å²) in [7, 11) is 0. The number of amides is 1. The van der Waals surface area contributed by atoms with Gasteiger partial charge in [-0.2, -0.15) is 0 Å². The molecule has 1 atom stereocenters. The molecule has 1 amide bonds. The summed E-state index contributed by atoms with van der Waals surface area (Å²) in [5, 5.41) is 2.27. The number of carbonyl (C=O) groups excluding carboxylic acids is 1. The van der Waals surface area contributed by atoms with E-state index in [4.69, 9.17) is 9.47 Å². The Hall–Kier alpha value is -3.12. The predicted octanol–water partition coefficient (Wildman–Crippen LogP) is 4.88. The van der Waals surface area contributed by atoms with Gasteiger partial charge in [-0.3, -0.25) is 9.88 Å². The van der Waals surface area contributed by atoms with Gasteiger partial charge in [0.2, 0.25) is 0 Å². The molecule has 32 heavy (non-hydrogen) atoms. The van der Waals surface area contributed by atoms with Gasteiger partial charge in [-0.25, -0.2) is 4.79 Å². The lowest BCUT2D eigenvalue weighted by Crippen LogP contribution is -2.57. The minimum Gasteiger partial charge on any atom is -0.444 e. The standard InChI is InChI=1S/C26H31N3O3/c1-26(2,3)32-25(30)29-15-14-28(24-11-7-10-21-16-27-13-12-23(21)24)17-22(29)19-31-18-20-8-5-4-6-9-20/h4-13,16,22H,14-15,17-19H2,1-3H3. The lowest BCUT2D eigenvalue weighted by atomic mass is 10.1. The monoisotopic (exact) mass is 433 g/mol. The van der Waals surface area contributed by atoms with Crippen molar-refractivity contribution in [1.82, 2.24) is 9.88 Å². The van der Waals surface area contributed by atoms with Gasteiger partial charge in [0.1, 0.15) is 5.60 Å². The highest BCUT2D eigenvalue weighted by Gasteiger charge is 2.34. The number of carbonyl (C=O) groups is 1. The molecule has 4 rings (SSSR count). The quantitative estimate of drug-likeness (QED) is 0.574. The first-order valence-electron chi connectivity index (χ1n) is 11.1. The third-order valence-corrected chi connectivity index (χ3v) is 5.53. The van der Waals surface area contributed by atoms with Gasteiger partial charge in [0.15, 0.2) is 0 Å². The second-order valence-electron chi connectivity index (χ2n) is 9.15. The number of anilines is 1. The van der Waals surface area contributed by atoms with Crippen molar-refractivity contribution in [2.75, 3.05) is 31.1 Å². The van der Waals surface area contributed by atoms with Crippen molar-refractivity contribution in [3.05, 3.63) is 72.6 Å². The predicted molar refractivity (Wildman–Crippen MR) is 127 cm³/mol. The van der Waals surface area contributed by atoms with Crippen LogP contribution in [-0.2, 0) is 16.1 Å². The number of fused-ring (bicyclic) bond motifs is 1. The van der Waals surface area contributed by atoms with Crippen LogP contribution in [0.5, 0.6) is 0 Å². The maximum Gasteiger partial charge on any atom is 0.410 e. The minimum absolute atomic E-state index is 0.112. The summed E-state index contributed by atoms with van der Waals surface area (Å²) in [6, 6.07) is 18.3. The van der Waals surface area contributed by atoms with Gasteiger partial charge < -0.3 is 14.4 Å². The van der Waals surface area contributed by atoms with E-state index in [0.717, 1.165) is 28.6 Å².